The average Bonchev–Trinajstić information content (AvgIpc) is 2.50. The molecule has 120 valence electrons. The fourth-order valence-corrected chi connectivity index (χ4v) is 3.77. The number of rotatable bonds is 6. The zero-order chi connectivity index (χ0) is 15.2. The van der Waals surface area contributed by atoms with E-state index in [0.717, 1.165) is 32.1 Å². The molecule has 1 saturated heterocycles. The van der Waals surface area contributed by atoms with Gasteiger partial charge in [-0.2, -0.15) is 0 Å². The predicted molar refractivity (Wildman–Crippen MR) is 79.0 cm³/mol. The zero-order valence-corrected chi connectivity index (χ0v) is 12.9. The summed E-state index contributed by atoms with van der Waals surface area (Å²) >= 11 is 0. The van der Waals surface area contributed by atoms with Gasteiger partial charge in [0.2, 0.25) is 5.91 Å². The molecule has 5 nitrogen and oxygen atoms in total. The molecule has 0 aromatic rings. The summed E-state index contributed by atoms with van der Waals surface area (Å²) < 4.78 is 5.38. The number of nitrogens with zero attached hydrogens (tertiary/aromatic N) is 1. The highest BCUT2D eigenvalue weighted by Crippen LogP contribution is 2.38. The second-order valence-electron chi connectivity index (χ2n) is 6.21. The molecular formula is C16H27NO4. The van der Waals surface area contributed by atoms with Gasteiger partial charge in [0.25, 0.3) is 0 Å². The number of carboxylic acid groups (broad SMARTS) is 1. The Kier molecular flexibility index (Phi) is 6.03. The molecule has 0 radical (unpaired) electrons. The van der Waals surface area contributed by atoms with Crippen LogP contribution < -0.4 is 0 Å². The number of hydrogen-bond donors (Lipinski definition) is 1. The van der Waals surface area contributed by atoms with Crippen LogP contribution in [0.2, 0.25) is 0 Å². The molecule has 2 fully saturated rings. The first-order valence-electron chi connectivity index (χ1n) is 8.26. The lowest BCUT2D eigenvalue weighted by Gasteiger charge is -2.47. The minimum atomic E-state index is -0.859. The van der Waals surface area contributed by atoms with Crippen molar-refractivity contribution in [2.75, 3.05) is 13.2 Å². The molecule has 2 rings (SSSR count). The number of likely N-dealkylation sites (tertiary alicyclic amines) is 1. The molecule has 5 heteroatoms. The molecule has 21 heavy (non-hydrogen) atoms. The van der Waals surface area contributed by atoms with Gasteiger partial charge >= 0.3 is 5.97 Å². The number of fused-ring (bicyclic) bond motifs is 1. The predicted octanol–water partition coefficient (Wildman–Crippen LogP) is 2.44. The molecule has 1 amide bonds. The van der Waals surface area contributed by atoms with Crippen LogP contribution in [-0.2, 0) is 14.3 Å². The Labute approximate surface area is 126 Å². The molecule has 1 saturated carbocycles. The minimum absolute atomic E-state index is 0.0462. The highest BCUT2D eigenvalue weighted by Gasteiger charge is 2.43. The molecule has 0 aromatic carbocycles. The van der Waals surface area contributed by atoms with E-state index in [1.165, 1.54) is 6.42 Å². The van der Waals surface area contributed by atoms with E-state index in [9.17, 15) is 14.7 Å². The average molecular weight is 297 g/mol. The topological polar surface area (TPSA) is 66.8 Å². The van der Waals surface area contributed by atoms with Crippen molar-refractivity contribution in [1.82, 2.24) is 4.90 Å². The number of carbonyl (C=O) groups is 2. The van der Waals surface area contributed by atoms with E-state index in [4.69, 9.17) is 4.74 Å². The van der Waals surface area contributed by atoms with E-state index in [0.29, 0.717) is 32.0 Å². The quantitative estimate of drug-likeness (QED) is 0.765. The van der Waals surface area contributed by atoms with E-state index in [-0.39, 0.29) is 11.9 Å². The van der Waals surface area contributed by atoms with Crippen LogP contribution in [0, 0.1) is 5.92 Å². The van der Waals surface area contributed by atoms with Crippen molar-refractivity contribution in [3.63, 3.8) is 0 Å². The third kappa shape index (κ3) is 3.96. The molecule has 2 aliphatic rings. The SMILES string of the molecule is CCCOCCC(=O)N1C(C(=O)O)CCC2CCCCC21. The minimum Gasteiger partial charge on any atom is -0.480 e. The van der Waals surface area contributed by atoms with Gasteiger partial charge in [0.05, 0.1) is 13.0 Å². The number of amides is 1. The van der Waals surface area contributed by atoms with Gasteiger partial charge in [-0.25, -0.2) is 4.79 Å². The van der Waals surface area contributed by atoms with Crippen LogP contribution in [-0.4, -0.2) is 47.2 Å². The lowest BCUT2D eigenvalue weighted by atomic mass is 9.76. The summed E-state index contributed by atoms with van der Waals surface area (Å²) in [4.78, 5) is 25.7. The summed E-state index contributed by atoms with van der Waals surface area (Å²) in [6.45, 7) is 3.08. The van der Waals surface area contributed by atoms with Gasteiger partial charge in [0, 0.05) is 12.6 Å². The van der Waals surface area contributed by atoms with E-state index in [1.54, 1.807) is 4.90 Å². The van der Waals surface area contributed by atoms with Crippen LogP contribution in [0.4, 0.5) is 0 Å². The van der Waals surface area contributed by atoms with E-state index in [1.807, 2.05) is 6.92 Å². The first-order chi connectivity index (χ1) is 10.1. The first kappa shape index (κ1) is 16.3. The molecule has 0 aromatic heterocycles. The number of piperidine rings is 1. The maximum absolute atomic E-state index is 12.5. The summed E-state index contributed by atoms with van der Waals surface area (Å²) in [6, 6.07) is -0.504. The highest BCUT2D eigenvalue weighted by atomic mass is 16.5. The van der Waals surface area contributed by atoms with Crippen molar-refractivity contribution >= 4 is 11.9 Å². The standard InChI is InChI=1S/C16H27NO4/c1-2-10-21-11-9-15(18)17-13-6-4-3-5-12(13)7-8-14(17)16(19)20/h12-14H,2-11H2,1H3,(H,19,20). The summed E-state index contributed by atoms with van der Waals surface area (Å²) in [5, 5.41) is 9.43. The second kappa shape index (κ2) is 7.78. The van der Waals surface area contributed by atoms with Crippen molar-refractivity contribution in [3.05, 3.63) is 0 Å². The van der Waals surface area contributed by atoms with Crippen molar-refractivity contribution in [3.8, 4) is 0 Å². The third-order valence-electron chi connectivity index (χ3n) is 4.75. The summed E-state index contributed by atoms with van der Waals surface area (Å²) in [6.07, 6.45) is 7.16. The molecule has 1 N–H and O–H groups in total. The lowest BCUT2D eigenvalue weighted by molar-refractivity contribution is -0.158. The van der Waals surface area contributed by atoms with Gasteiger partial charge in [-0.15, -0.1) is 0 Å². The molecule has 1 heterocycles. The number of ether oxygens (including phenoxy) is 1. The van der Waals surface area contributed by atoms with Crippen molar-refractivity contribution in [1.29, 1.82) is 0 Å². The van der Waals surface area contributed by atoms with Crippen molar-refractivity contribution in [2.24, 2.45) is 5.92 Å². The highest BCUT2D eigenvalue weighted by molar-refractivity contribution is 5.84. The first-order valence-corrected chi connectivity index (χ1v) is 8.26. The van der Waals surface area contributed by atoms with Crippen LogP contribution in [0.1, 0.15) is 58.3 Å². The fourth-order valence-electron chi connectivity index (χ4n) is 3.77. The van der Waals surface area contributed by atoms with E-state index >= 15 is 0 Å². The Morgan fingerprint density at radius 2 is 1.90 bits per heavy atom. The third-order valence-corrected chi connectivity index (χ3v) is 4.75. The monoisotopic (exact) mass is 297 g/mol. The number of carbonyl (C=O) groups excluding carboxylic acids is 1. The fraction of sp³-hybridized carbons (Fsp3) is 0.875. The Morgan fingerprint density at radius 1 is 1.14 bits per heavy atom. The maximum atomic E-state index is 12.5. The number of aliphatic carboxylic acids is 1. The van der Waals surface area contributed by atoms with Crippen LogP contribution in [0.25, 0.3) is 0 Å². The van der Waals surface area contributed by atoms with Crippen molar-refractivity contribution < 1.29 is 19.4 Å². The normalized spacial score (nSPS) is 29.0. The summed E-state index contributed by atoms with van der Waals surface area (Å²) in [7, 11) is 0. The van der Waals surface area contributed by atoms with Crippen LogP contribution in [0.5, 0.6) is 0 Å². The molecule has 3 atom stereocenters. The van der Waals surface area contributed by atoms with Gasteiger partial charge < -0.3 is 14.7 Å². The zero-order valence-electron chi connectivity index (χ0n) is 12.9. The van der Waals surface area contributed by atoms with Gasteiger partial charge in [-0.05, 0) is 38.0 Å². The second-order valence-corrected chi connectivity index (χ2v) is 6.21. The molecule has 3 unspecified atom stereocenters. The van der Waals surface area contributed by atoms with Gasteiger partial charge in [-0.3, -0.25) is 4.79 Å². The lowest BCUT2D eigenvalue weighted by Crippen LogP contribution is -2.57. The summed E-state index contributed by atoms with van der Waals surface area (Å²) in [5.74, 6) is -0.410. The van der Waals surface area contributed by atoms with E-state index < -0.39 is 12.0 Å². The molecule has 1 aliphatic carbocycles. The Hall–Kier alpha value is -1.10. The largest absolute Gasteiger partial charge is 0.480 e. The van der Waals surface area contributed by atoms with Crippen LogP contribution >= 0.6 is 0 Å². The molecule has 1 aliphatic heterocycles. The number of carboxylic acids is 1. The maximum Gasteiger partial charge on any atom is 0.326 e. The van der Waals surface area contributed by atoms with Crippen LogP contribution in [0.15, 0.2) is 0 Å². The van der Waals surface area contributed by atoms with Gasteiger partial charge in [0.15, 0.2) is 0 Å². The molecule has 0 spiro atoms. The Bertz CT molecular complexity index is 371. The Balaban J connectivity index is 2.01. The summed E-state index contributed by atoms with van der Waals surface area (Å²) in [5.41, 5.74) is 0. The number of hydrogen-bond acceptors (Lipinski definition) is 3. The smallest absolute Gasteiger partial charge is 0.326 e. The molecular weight excluding hydrogens is 270 g/mol. The van der Waals surface area contributed by atoms with Crippen LogP contribution in [0.3, 0.4) is 0 Å². The Morgan fingerprint density at radius 3 is 2.62 bits per heavy atom. The van der Waals surface area contributed by atoms with Gasteiger partial charge in [-0.1, -0.05) is 19.8 Å². The van der Waals surface area contributed by atoms with E-state index in [2.05, 4.69) is 0 Å². The van der Waals surface area contributed by atoms with Crippen molar-refractivity contribution in [2.45, 2.75) is 70.4 Å². The van der Waals surface area contributed by atoms with Gasteiger partial charge in [0.1, 0.15) is 6.04 Å². The molecule has 0 bridgehead atoms.